The molecule has 8 rings (SSSR count). The first-order valence-electron chi connectivity index (χ1n) is 21.9. The normalized spacial score (nSPS) is 19.0. The van der Waals surface area contributed by atoms with Gasteiger partial charge in [-0.1, -0.05) is 114 Å². The van der Waals surface area contributed by atoms with Gasteiger partial charge >= 0.3 is 0 Å². The van der Waals surface area contributed by atoms with E-state index in [1.165, 1.54) is 28.3 Å². The predicted octanol–water partition coefficient (Wildman–Crippen LogP) is 11.7. The molecular weight excluding hydrogens is 868 g/mol. The monoisotopic (exact) mass is 926 g/mol. The number of rotatable bonds is 9. The number of benzene rings is 4. The van der Waals surface area contributed by atoms with Crippen LogP contribution in [-0.4, -0.2) is 49.8 Å². The van der Waals surface area contributed by atoms with E-state index in [4.69, 9.17) is 42.6 Å². The minimum absolute atomic E-state index is 0. The molecule has 0 fully saturated rings. The van der Waals surface area contributed by atoms with Crippen LogP contribution in [0.3, 0.4) is 0 Å². The van der Waals surface area contributed by atoms with Crippen molar-refractivity contribution in [3.63, 3.8) is 0 Å². The number of aryl methyl sites for hydroxylation is 1. The number of nitriles is 1. The van der Waals surface area contributed by atoms with Gasteiger partial charge in [0.25, 0.3) is 5.69 Å². The molecule has 8 nitrogen and oxygen atoms in total. The Bertz CT molecular complexity index is 2780. The molecule has 8 atom stereocenters. The second-order valence-corrected chi connectivity index (χ2v) is 17.6. The highest BCUT2D eigenvalue weighted by molar-refractivity contribution is 6.32. The molecule has 0 bridgehead atoms. The second-order valence-electron chi connectivity index (χ2n) is 17.1. The van der Waals surface area contributed by atoms with Crippen molar-refractivity contribution in [3.8, 4) is 55.4 Å². The van der Waals surface area contributed by atoms with Crippen molar-refractivity contribution < 1.29 is 25.3 Å². The van der Waals surface area contributed by atoms with Crippen molar-refractivity contribution in [1.82, 2.24) is 0 Å². The van der Waals surface area contributed by atoms with Crippen LogP contribution in [0.5, 0.6) is 0 Å². The van der Waals surface area contributed by atoms with Gasteiger partial charge in [0.05, 0.1) is 46.5 Å². The highest BCUT2D eigenvalue weighted by Gasteiger charge is 2.34. The Balaban J connectivity index is 0.000000197. The predicted molar refractivity (Wildman–Crippen MR) is 277 cm³/mol. The zero-order chi connectivity index (χ0) is 49.1. The Morgan fingerprint density at radius 3 is 1.32 bits per heavy atom. The van der Waals surface area contributed by atoms with Crippen molar-refractivity contribution in [3.05, 3.63) is 166 Å². The number of halogens is 1. The number of hydrogen-bond donors (Lipinski definition) is 4. The molecule has 4 N–H and O–H groups in total. The van der Waals surface area contributed by atoms with Gasteiger partial charge in [0.2, 0.25) is 0 Å². The minimum atomic E-state index is -0.700. The van der Waals surface area contributed by atoms with Gasteiger partial charge in [-0.3, -0.25) is 10.1 Å². The third-order valence-electron chi connectivity index (χ3n) is 12.7. The van der Waals surface area contributed by atoms with E-state index in [9.17, 15) is 30.5 Å². The van der Waals surface area contributed by atoms with Crippen LogP contribution in [0, 0.1) is 77.7 Å². The quantitative estimate of drug-likeness (QED) is 0.0742. The average molecular weight is 928 g/mol. The molecule has 0 aromatic heterocycles. The fraction of sp³-hybridized carbons (Fsp3) is 0.305. The lowest BCUT2D eigenvalue weighted by molar-refractivity contribution is -0.385. The molecule has 348 valence electrons. The summed E-state index contributed by atoms with van der Waals surface area (Å²) in [7, 11) is 0. The lowest BCUT2D eigenvalue weighted by atomic mass is 9.89. The molecular formula is C59H59ClN2O6. The second kappa shape index (κ2) is 24.2. The fourth-order valence-corrected chi connectivity index (χ4v) is 9.90. The van der Waals surface area contributed by atoms with E-state index in [0.29, 0.717) is 30.4 Å². The summed E-state index contributed by atoms with van der Waals surface area (Å²) in [5.74, 6) is 9.69. The molecule has 0 aliphatic heterocycles. The van der Waals surface area contributed by atoms with Crippen LogP contribution in [0.25, 0.3) is 24.3 Å². The van der Waals surface area contributed by atoms with Crippen molar-refractivity contribution in [2.24, 2.45) is 0 Å². The summed E-state index contributed by atoms with van der Waals surface area (Å²) in [6.45, 7) is 9.98. The molecule has 68 heavy (non-hydrogen) atoms. The fourth-order valence-electron chi connectivity index (χ4n) is 9.67. The van der Waals surface area contributed by atoms with Crippen molar-refractivity contribution >= 4 is 41.6 Å². The molecule has 4 aromatic carbocycles. The summed E-state index contributed by atoms with van der Waals surface area (Å²) in [5.41, 5.74) is 14.1. The summed E-state index contributed by atoms with van der Waals surface area (Å²) < 4.78 is 0. The lowest BCUT2D eigenvalue weighted by Crippen LogP contribution is -2.17. The van der Waals surface area contributed by atoms with Gasteiger partial charge in [0.15, 0.2) is 0 Å². The zero-order valence-corrected chi connectivity index (χ0v) is 39.1. The number of nitro groups is 1. The molecule has 4 aliphatic carbocycles. The first-order chi connectivity index (χ1) is 32.0. The SMILES string of the molecule is C.C#CCC(O)C1C(C)=Cc2c(C#N)cccc21.C#CCC(O)C1C(C)=Cc2c(C)cccc21.C#CCC(O)C1C(C)=Cc2c(Cl)cccc21.C#CCC(O)C1C(C)=Cc2c1cccc2[N+](=O)[O-]. The van der Waals surface area contributed by atoms with Gasteiger partial charge in [-0.15, -0.1) is 49.4 Å². The first kappa shape index (κ1) is 53.7. The van der Waals surface area contributed by atoms with Gasteiger partial charge in [-0.2, -0.15) is 5.26 Å². The Labute approximate surface area is 407 Å². The van der Waals surface area contributed by atoms with E-state index in [-0.39, 0.29) is 43.2 Å². The van der Waals surface area contributed by atoms with Gasteiger partial charge in [-0.25, -0.2) is 0 Å². The molecule has 4 aliphatic rings. The van der Waals surface area contributed by atoms with Gasteiger partial charge in [0.1, 0.15) is 0 Å². The first-order valence-corrected chi connectivity index (χ1v) is 22.3. The van der Waals surface area contributed by atoms with Crippen LogP contribution in [-0.2, 0) is 0 Å². The van der Waals surface area contributed by atoms with Crippen LogP contribution in [0.4, 0.5) is 5.69 Å². The van der Waals surface area contributed by atoms with Gasteiger partial charge < -0.3 is 20.4 Å². The number of aliphatic hydroxyl groups is 4. The molecule has 0 saturated heterocycles. The average Bonchev–Trinajstić information content (AvgIpc) is 4.03. The van der Waals surface area contributed by atoms with Crippen molar-refractivity contribution in [2.45, 2.75) is 116 Å². The molecule has 0 saturated carbocycles. The summed E-state index contributed by atoms with van der Waals surface area (Å²) in [5, 5.41) is 60.9. The molecule has 9 heteroatoms. The lowest BCUT2D eigenvalue weighted by Gasteiger charge is -2.19. The van der Waals surface area contributed by atoms with E-state index in [0.717, 1.165) is 49.6 Å². The van der Waals surface area contributed by atoms with Crippen LogP contribution in [0.15, 0.2) is 95.1 Å². The number of nitro benzene ring substituents is 1. The minimum Gasteiger partial charge on any atom is -0.391 e. The number of hydrogen-bond acceptors (Lipinski definition) is 7. The maximum absolute atomic E-state index is 11.0. The Kier molecular flexibility index (Phi) is 19.1. The maximum atomic E-state index is 11.0. The van der Waals surface area contributed by atoms with E-state index in [1.54, 1.807) is 24.3 Å². The van der Waals surface area contributed by atoms with Crippen molar-refractivity contribution in [2.75, 3.05) is 0 Å². The Morgan fingerprint density at radius 1 is 0.559 bits per heavy atom. The highest BCUT2D eigenvalue weighted by atomic mass is 35.5. The molecule has 0 heterocycles. The summed E-state index contributed by atoms with van der Waals surface area (Å²) in [4.78, 5) is 10.5. The third-order valence-corrected chi connectivity index (χ3v) is 13.0. The molecule has 0 amide bonds. The van der Waals surface area contributed by atoms with Crippen LogP contribution in [0.1, 0.15) is 140 Å². The number of terminal acetylenes is 4. The molecule has 0 spiro atoms. The zero-order valence-electron chi connectivity index (χ0n) is 38.4. The number of fused-ring (bicyclic) bond motifs is 4. The van der Waals surface area contributed by atoms with Crippen LogP contribution < -0.4 is 0 Å². The van der Waals surface area contributed by atoms with E-state index in [2.05, 4.69) is 61.8 Å². The van der Waals surface area contributed by atoms with Crippen LogP contribution in [0.2, 0.25) is 5.02 Å². The van der Waals surface area contributed by atoms with Crippen molar-refractivity contribution in [1.29, 1.82) is 5.26 Å². The maximum Gasteiger partial charge on any atom is 0.276 e. The Morgan fingerprint density at radius 2 is 0.897 bits per heavy atom. The van der Waals surface area contributed by atoms with E-state index in [1.807, 2.05) is 69.3 Å². The van der Waals surface area contributed by atoms with Gasteiger partial charge in [-0.05, 0) is 97.3 Å². The summed E-state index contributed by atoms with van der Waals surface area (Å²) in [6.07, 6.45) is 27.9. The number of nitrogens with zero attached hydrogens (tertiary/aromatic N) is 2. The van der Waals surface area contributed by atoms with E-state index < -0.39 is 29.3 Å². The highest BCUT2D eigenvalue weighted by Crippen LogP contribution is 2.45. The van der Waals surface area contributed by atoms with E-state index >= 15 is 0 Å². The molecule has 8 unspecified atom stereocenters. The molecule has 4 aromatic rings. The smallest absolute Gasteiger partial charge is 0.276 e. The summed E-state index contributed by atoms with van der Waals surface area (Å²) in [6, 6.07) is 24.7. The van der Waals surface area contributed by atoms with Gasteiger partial charge in [0, 0.05) is 60.4 Å². The summed E-state index contributed by atoms with van der Waals surface area (Å²) >= 11 is 6.12. The number of aliphatic hydroxyl groups excluding tert-OH is 4. The third kappa shape index (κ3) is 11.6. The largest absolute Gasteiger partial charge is 0.391 e. The standard InChI is InChI=1S/C15H13NO.C15H16O.C14H13ClO.C14H13NO3.CH4/c1-3-5-14(17)15-10(2)8-13-11(9-16)6-4-7-12(13)15;1-4-6-14(16)15-11(3)9-13-10(2)7-5-8-12(13)15;1-3-5-13(16)14-9(2)8-11-10(14)6-4-7-12(11)15;1-3-5-13(16)14-9(2)8-11-10(14)6-4-7-12(11)15(17)18;/h1,4,6-8,14-15,17H,5H2,2H3;1,5,7-9,14-16H,6H2,2-3H3;1,4,6-8,13-14,16H,5H2,2H3;1,4,6-8,13-14,16H,5H2,2H3;1H4. The Hall–Kier alpha value is -6.90. The topological polar surface area (TPSA) is 148 Å². The molecule has 0 radical (unpaired) electrons. The van der Waals surface area contributed by atoms with Crippen LogP contribution >= 0.6 is 11.6 Å².